The van der Waals surface area contributed by atoms with Crippen molar-refractivity contribution in [2.24, 2.45) is 0 Å². The molecule has 1 aromatic heterocycles. The minimum atomic E-state index is -0.123. The molecule has 1 amide bonds. The molecule has 1 N–H and O–H groups in total. The molecule has 0 saturated carbocycles. The van der Waals surface area contributed by atoms with Crippen LogP contribution < -0.4 is 10.2 Å². The number of pyridine rings is 1. The molecule has 4 rings (SSSR count). The molecule has 28 heavy (non-hydrogen) atoms. The summed E-state index contributed by atoms with van der Waals surface area (Å²) in [6.07, 6.45) is 9.07. The van der Waals surface area contributed by atoms with E-state index < -0.39 is 0 Å². The summed E-state index contributed by atoms with van der Waals surface area (Å²) in [5.74, 6) is -0.123. The number of nitrogens with one attached hydrogen (secondary N) is 1. The van der Waals surface area contributed by atoms with Crippen molar-refractivity contribution in [3.63, 3.8) is 0 Å². The first kappa shape index (κ1) is 18.2. The Balaban J connectivity index is 1.47. The Morgan fingerprint density at radius 2 is 1.82 bits per heavy atom. The topological polar surface area (TPSA) is 45.2 Å². The van der Waals surface area contributed by atoms with Crippen LogP contribution in [0.15, 0.2) is 67.0 Å². The Hall–Kier alpha value is -3.14. The van der Waals surface area contributed by atoms with Crippen LogP contribution in [-0.2, 0) is 4.79 Å². The molecule has 0 spiro atoms. The first-order valence-corrected chi connectivity index (χ1v) is 9.88. The summed E-state index contributed by atoms with van der Waals surface area (Å²) in [5.41, 5.74) is 4.09. The van der Waals surface area contributed by atoms with Gasteiger partial charge in [-0.05, 0) is 61.6 Å². The number of amides is 1. The van der Waals surface area contributed by atoms with Crippen LogP contribution >= 0.6 is 0 Å². The minimum absolute atomic E-state index is 0.123. The fourth-order valence-electron chi connectivity index (χ4n) is 3.77. The molecule has 3 aromatic rings. The van der Waals surface area contributed by atoms with Gasteiger partial charge in [-0.25, -0.2) is 0 Å². The highest BCUT2D eigenvalue weighted by atomic mass is 16.1. The van der Waals surface area contributed by atoms with Gasteiger partial charge in [0.1, 0.15) is 0 Å². The zero-order chi connectivity index (χ0) is 19.3. The number of hydrogen-bond acceptors (Lipinski definition) is 3. The molecule has 4 heteroatoms. The molecule has 2 heterocycles. The monoisotopic (exact) mass is 371 g/mol. The number of piperidine rings is 1. The van der Waals surface area contributed by atoms with Gasteiger partial charge in [-0.1, -0.05) is 24.3 Å². The van der Waals surface area contributed by atoms with Gasteiger partial charge < -0.3 is 10.2 Å². The lowest BCUT2D eigenvalue weighted by atomic mass is 10.0. The highest BCUT2D eigenvalue weighted by molar-refractivity contribution is 6.08. The zero-order valence-electron chi connectivity index (χ0n) is 16.2. The van der Waals surface area contributed by atoms with Crippen LogP contribution in [0.2, 0.25) is 0 Å². The van der Waals surface area contributed by atoms with E-state index in [1.807, 2.05) is 31.2 Å². The fraction of sp³-hybridized carbons (Fsp3) is 0.250. The van der Waals surface area contributed by atoms with Crippen molar-refractivity contribution in [2.75, 3.05) is 23.3 Å². The number of carbonyl (C=O) groups is 1. The Bertz CT molecular complexity index is 997. The van der Waals surface area contributed by atoms with Crippen molar-refractivity contribution in [2.45, 2.75) is 26.2 Å². The molecule has 1 fully saturated rings. The Morgan fingerprint density at radius 1 is 1.04 bits per heavy atom. The first-order chi connectivity index (χ1) is 13.7. The number of nitrogens with zero attached hydrogens (tertiary/aromatic N) is 2. The lowest BCUT2D eigenvalue weighted by molar-refractivity contribution is -0.111. The van der Waals surface area contributed by atoms with Gasteiger partial charge in [0.25, 0.3) is 0 Å². The first-order valence-electron chi connectivity index (χ1n) is 9.88. The SMILES string of the molecule is CC(=CC(=O)Nc1cccc2cnccc12)c1ccc(N2CCCCC2)cc1. The number of rotatable bonds is 4. The predicted octanol–water partition coefficient (Wildman–Crippen LogP) is 5.27. The van der Waals surface area contributed by atoms with Crippen molar-refractivity contribution in [3.8, 4) is 0 Å². The molecule has 1 aliphatic rings. The molecule has 1 aliphatic heterocycles. The highest BCUT2D eigenvalue weighted by Crippen LogP contribution is 2.24. The molecule has 1 saturated heterocycles. The van der Waals surface area contributed by atoms with Crippen LogP contribution in [0.3, 0.4) is 0 Å². The maximum Gasteiger partial charge on any atom is 0.248 e. The third-order valence-corrected chi connectivity index (χ3v) is 5.33. The number of hydrogen-bond donors (Lipinski definition) is 1. The van der Waals surface area contributed by atoms with Crippen LogP contribution in [0.4, 0.5) is 11.4 Å². The number of anilines is 2. The lowest BCUT2D eigenvalue weighted by Crippen LogP contribution is -2.29. The van der Waals surface area contributed by atoms with E-state index in [1.165, 1.54) is 24.9 Å². The minimum Gasteiger partial charge on any atom is -0.372 e. The van der Waals surface area contributed by atoms with E-state index in [9.17, 15) is 4.79 Å². The van der Waals surface area contributed by atoms with Gasteiger partial charge in [-0.15, -0.1) is 0 Å². The van der Waals surface area contributed by atoms with Gasteiger partial charge in [-0.3, -0.25) is 9.78 Å². The van der Waals surface area contributed by atoms with Crippen molar-refractivity contribution < 1.29 is 4.79 Å². The van der Waals surface area contributed by atoms with Gasteiger partial charge in [0, 0.05) is 53.7 Å². The molecular weight excluding hydrogens is 346 g/mol. The van der Waals surface area contributed by atoms with Crippen LogP contribution in [0.25, 0.3) is 16.3 Å². The number of benzene rings is 2. The summed E-state index contributed by atoms with van der Waals surface area (Å²) in [4.78, 5) is 19.1. The van der Waals surface area contributed by atoms with Gasteiger partial charge in [0.05, 0.1) is 0 Å². The van der Waals surface area contributed by atoms with Crippen LogP contribution in [0, 0.1) is 0 Å². The van der Waals surface area contributed by atoms with Gasteiger partial charge in [0.2, 0.25) is 5.91 Å². The number of aromatic nitrogens is 1. The molecule has 0 atom stereocenters. The third kappa shape index (κ3) is 4.06. The number of fused-ring (bicyclic) bond motifs is 1. The predicted molar refractivity (Wildman–Crippen MR) is 117 cm³/mol. The Kier molecular flexibility index (Phi) is 5.38. The van der Waals surface area contributed by atoms with E-state index in [1.54, 1.807) is 18.5 Å². The standard InChI is InChI=1S/C24H25N3O/c1-18(19-8-10-21(11-9-19)27-14-3-2-4-15-27)16-24(28)26-23-7-5-6-20-17-25-13-12-22(20)23/h5-13,16-17H,2-4,14-15H2,1H3,(H,26,28). The molecular formula is C24H25N3O. The average Bonchev–Trinajstić information content (AvgIpc) is 2.75. The Labute approximate surface area is 165 Å². The summed E-state index contributed by atoms with van der Waals surface area (Å²) in [6.45, 7) is 4.25. The second kappa shape index (κ2) is 8.26. The maximum absolute atomic E-state index is 12.5. The van der Waals surface area contributed by atoms with Gasteiger partial charge >= 0.3 is 0 Å². The molecule has 2 aromatic carbocycles. The lowest BCUT2D eigenvalue weighted by Gasteiger charge is -2.28. The molecule has 0 bridgehead atoms. The van der Waals surface area contributed by atoms with Crippen molar-refractivity contribution in [1.29, 1.82) is 0 Å². The summed E-state index contributed by atoms with van der Waals surface area (Å²) in [6, 6.07) is 16.3. The average molecular weight is 371 g/mol. The van der Waals surface area contributed by atoms with Crippen molar-refractivity contribution >= 4 is 33.6 Å². The summed E-state index contributed by atoms with van der Waals surface area (Å²) < 4.78 is 0. The molecule has 0 aliphatic carbocycles. The highest BCUT2D eigenvalue weighted by Gasteiger charge is 2.11. The quantitative estimate of drug-likeness (QED) is 0.636. The normalized spacial score (nSPS) is 14.9. The number of carbonyl (C=O) groups excluding carboxylic acids is 1. The van der Waals surface area contributed by atoms with E-state index >= 15 is 0 Å². The van der Waals surface area contributed by atoms with Crippen LogP contribution in [-0.4, -0.2) is 24.0 Å². The summed E-state index contributed by atoms with van der Waals surface area (Å²) in [5, 5.41) is 4.99. The summed E-state index contributed by atoms with van der Waals surface area (Å²) in [7, 11) is 0. The fourth-order valence-corrected chi connectivity index (χ4v) is 3.77. The second-order valence-electron chi connectivity index (χ2n) is 7.31. The molecule has 0 radical (unpaired) electrons. The molecule has 0 unspecified atom stereocenters. The maximum atomic E-state index is 12.5. The van der Waals surface area contributed by atoms with E-state index in [2.05, 4.69) is 39.5 Å². The van der Waals surface area contributed by atoms with Crippen molar-refractivity contribution in [3.05, 3.63) is 72.6 Å². The smallest absolute Gasteiger partial charge is 0.248 e. The van der Waals surface area contributed by atoms with E-state index in [0.717, 1.165) is 40.7 Å². The second-order valence-corrected chi connectivity index (χ2v) is 7.31. The van der Waals surface area contributed by atoms with Crippen LogP contribution in [0.1, 0.15) is 31.7 Å². The Morgan fingerprint density at radius 3 is 2.61 bits per heavy atom. The van der Waals surface area contributed by atoms with Crippen molar-refractivity contribution in [1.82, 2.24) is 4.98 Å². The van der Waals surface area contributed by atoms with Crippen LogP contribution in [0.5, 0.6) is 0 Å². The largest absolute Gasteiger partial charge is 0.372 e. The summed E-state index contributed by atoms with van der Waals surface area (Å²) >= 11 is 0. The van der Waals surface area contributed by atoms with Gasteiger partial charge in [0.15, 0.2) is 0 Å². The molecule has 4 nitrogen and oxygen atoms in total. The van der Waals surface area contributed by atoms with Gasteiger partial charge in [-0.2, -0.15) is 0 Å². The third-order valence-electron chi connectivity index (χ3n) is 5.33. The molecule has 142 valence electrons. The zero-order valence-corrected chi connectivity index (χ0v) is 16.2. The van der Waals surface area contributed by atoms with E-state index in [-0.39, 0.29) is 5.91 Å². The number of allylic oxidation sites excluding steroid dienone is 1. The van der Waals surface area contributed by atoms with E-state index in [4.69, 9.17) is 0 Å². The van der Waals surface area contributed by atoms with E-state index in [0.29, 0.717) is 0 Å².